The van der Waals surface area contributed by atoms with Crippen LogP contribution in [0.1, 0.15) is 25.8 Å². The minimum absolute atomic E-state index is 0.205. The fourth-order valence-electron chi connectivity index (χ4n) is 1.95. The van der Waals surface area contributed by atoms with Crippen molar-refractivity contribution in [3.05, 3.63) is 34.0 Å². The minimum Gasteiger partial charge on any atom is -0.322 e. The molecule has 9 heteroatoms. The number of amides is 1. The van der Waals surface area contributed by atoms with E-state index in [9.17, 15) is 9.59 Å². The third-order valence-corrected chi connectivity index (χ3v) is 4.62. The van der Waals surface area contributed by atoms with Crippen molar-refractivity contribution >= 4 is 35.0 Å². The van der Waals surface area contributed by atoms with E-state index in [-0.39, 0.29) is 22.8 Å². The lowest BCUT2D eigenvalue weighted by Crippen LogP contribution is -2.24. The van der Waals surface area contributed by atoms with E-state index in [4.69, 9.17) is 11.6 Å². The topological polar surface area (TPSA) is 92.7 Å². The first-order valence-corrected chi connectivity index (χ1v) is 8.07. The lowest BCUT2D eigenvalue weighted by molar-refractivity contribution is -0.115. The van der Waals surface area contributed by atoms with E-state index in [1.165, 1.54) is 11.8 Å². The van der Waals surface area contributed by atoms with Gasteiger partial charge in [0.2, 0.25) is 5.91 Å². The third-order valence-electron chi connectivity index (χ3n) is 3.25. The zero-order chi connectivity index (χ0) is 15.7. The van der Waals surface area contributed by atoms with Crippen molar-refractivity contribution in [3.63, 3.8) is 0 Å². The molecule has 0 spiro atoms. The van der Waals surface area contributed by atoms with Gasteiger partial charge in [-0.1, -0.05) is 23.4 Å². The first-order valence-electron chi connectivity index (χ1n) is 6.81. The van der Waals surface area contributed by atoms with Crippen LogP contribution >= 0.6 is 23.4 Å². The Kier molecular flexibility index (Phi) is 4.21. The number of thioether (sulfide) groups is 1. The summed E-state index contributed by atoms with van der Waals surface area (Å²) in [5, 5.41) is 9.50. The molecule has 0 bridgehead atoms. The van der Waals surface area contributed by atoms with Crippen LogP contribution in [0.4, 0.5) is 5.69 Å². The summed E-state index contributed by atoms with van der Waals surface area (Å²) in [4.78, 5) is 27.8. The van der Waals surface area contributed by atoms with Gasteiger partial charge in [0.1, 0.15) is 0 Å². The van der Waals surface area contributed by atoms with E-state index in [1.54, 1.807) is 29.8 Å². The first-order chi connectivity index (χ1) is 10.6. The summed E-state index contributed by atoms with van der Waals surface area (Å²) < 4.78 is 1.62. The Morgan fingerprint density at radius 2 is 2.36 bits per heavy atom. The molecule has 1 fully saturated rings. The number of hydrogen-bond donors (Lipinski definition) is 2. The van der Waals surface area contributed by atoms with Gasteiger partial charge in [-0.25, -0.2) is 14.9 Å². The SMILES string of the molecule is C[C@H](Sc1n[nH]c(=O)n1C1CC1)C(=O)Nc1cccnc1Cl. The van der Waals surface area contributed by atoms with Crippen molar-refractivity contribution < 1.29 is 4.79 Å². The van der Waals surface area contributed by atoms with Gasteiger partial charge in [-0.15, -0.1) is 5.10 Å². The van der Waals surface area contributed by atoms with E-state index < -0.39 is 5.25 Å². The predicted octanol–water partition coefficient (Wildman–Crippen LogP) is 2.07. The molecule has 1 aliphatic rings. The number of nitrogens with zero attached hydrogens (tertiary/aromatic N) is 3. The highest BCUT2D eigenvalue weighted by Crippen LogP contribution is 2.36. The van der Waals surface area contributed by atoms with Crippen LogP contribution in [0.3, 0.4) is 0 Å². The molecule has 1 amide bonds. The van der Waals surface area contributed by atoms with E-state index in [1.807, 2.05) is 0 Å². The second-order valence-corrected chi connectivity index (χ2v) is 6.67. The molecule has 2 N–H and O–H groups in total. The van der Waals surface area contributed by atoms with Crippen molar-refractivity contribution in [2.45, 2.75) is 36.2 Å². The van der Waals surface area contributed by atoms with Crippen LogP contribution in [0, 0.1) is 0 Å². The maximum atomic E-state index is 12.2. The molecule has 116 valence electrons. The van der Waals surface area contributed by atoms with Gasteiger partial charge in [0, 0.05) is 12.2 Å². The average molecular weight is 340 g/mol. The van der Waals surface area contributed by atoms with Crippen LogP contribution in [0.15, 0.2) is 28.3 Å². The number of carbonyl (C=O) groups is 1. The van der Waals surface area contributed by atoms with Gasteiger partial charge in [0.05, 0.1) is 10.9 Å². The highest BCUT2D eigenvalue weighted by Gasteiger charge is 2.30. The average Bonchev–Trinajstić information content (AvgIpc) is 3.26. The van der Waals surface area contributed by atoms with Crippen LogP contribution in [0.25, 0.3) is 0 Å². The van der Waals surface area contributed by atoms with Crippen LogP contribution in [-0.4, -0.2) is 30.9 Å². The highest BCUT2D eigenvalue weighted by molar-refractivity contribution is 8.00. The van der Waals surface area contributed by atoms with Gasteiger partial charge in [0.25, 0.3) is 0 Å². The molecule has 0 saturated heterocycles. The molecule has 2 heterocycles. The van der Waals surface area contributed by atoms with Crippen LogP contribution < -0.4 is 11.0 Å². The highest BCUT2D eigenvalue weighted by atomic mass is 35.5. The fraction of sp³-hybridized carbons (Fsp3) is 0.385. The third kappa shape index (κ3) is 3.17. The quantitative estimate of drug-likeness (QED) is 0.642. The summed E-state index contributed by atoms with van der Waals surface area (Å²) >= 11 is 7.15. The molecular weight excluding hydrogens is 326 g/mol. The number of anilines is 1. The summed E-state index contributed by atoms with van der Waals surface area (Å²) in [6.45, 7) is 1.75. The van der Waals surface area contributed by atoms with Crippen LogP contribution in [0.2, 0.25) is 5.15 Å². The van der Waals surface area contributed by atoms with Crippen molar-refractivity contribution in [2.75, 3.05) is 5.32 Å². The lowest BCUT2D eigenvalue weighted by atomic mass is 10.4. The summed E-state index contributed by atoms with van der Waals surface area (Å²) in [6, 6.07) is 3.58. The number of aromatic nitrogens is 4. The number of nitrogens with one attached hydrogen (secondary N) is 2. The number of pyridine rings is 1. The Morgan fingerprint density at radius 1 is 1.59 bits per heavy atom. The van der Waals surface area contributed by atoms with Crippen molar-refractivity contribution in [1.29, 1.82) is 0 Å². The van der Waals surface area contributed by atoms with Gasteiger partial charge in [-0.3, -0.25) is 9.36 Å². The second kappa shape index (κ2) is 6.13. The molecule has 1 aliphatic carbocycles. The van der Waals surface area contributed by atoms with Crippen LogP contribution in [0.5, 0.6) is 0 Å². The Hall–Kier alpha value is -1.80. The van der Waals surface area contributed by atoms with Gasteiger partial charge in [-0.05, 0) is 31.9 Å². The second-order valence-electron chi connectivity index (χ2n) is 5.00. The molecular formula is C13H14ClN5O2S. The molecule has 0 unspecified atom stereocenters. The van der Waals surface area contributed by atoms with Crippen molar-refractivity contribution in [2.24, 2.45) is 0 Å². The van der Waals surface area contributed by atoms with E-state index in [2.05, 4.69) is 20.5 Å². The first kappa shape index (κ1) is 15.1. The maximum absolute atomic E-state index is 12.2. The van der Waals surface area contributed by atoms with Gasteiger partial charge < -0.3 is 5.32 Å². The number of H-pyrrole nitrogens is 1. The zero-order valence-corrected chi connectivity index (χ0v) is 13.3. The molecule has 2 aromatic rings. The summed E-state index contributed by atoms with van der Waals surface area (Å²) in [5.74, 6) is -0.224. The van der Waals surface area contributed by atoms with E-state index >= 15 is 0 Å². The van der Waals surface area contributed by atoms with Crippen molar-refractivity contribution in [1.82, 2.24) is 19.7 Å². The predicted molar refractivity (Wildman–Crippen MR) is 84.3 cm³/mol. The maximum Gasteiger partial charge on any atom is 0.344 e. The Balaban J connectivity index is 1.69. The zero-order valence-electron chi connectivity index (χ0n) is 11.7. The summed E-state index contributed by atoms with van der Waals surface area (Å²) in [7, 11) is 0. The molecule has 2 aromatic heterocycles. The van der Waals surface area contributed by atoms with Gasteiger partial charge in [-0.2, -0.15) is 0 Å². The molecule has 0 radical (unpaired) electrons. The summed E-state index contributed by atoms with van der Waals surface area (Å²) in [6.07, 6.45) is 3.49. The molecule has 1 atom stereocenters. The normalized spacial score (nSPS) is 15.5. The lowest BCUT2D eigenvalue weighted by Gasteiger charge is -2.12. The molecule has 7 nitrogen and oxygen atoms in total. The Labute approximate surface area is 135 Å². The fourth-order valence-corrected chi connectivity index (χ4v) is 3.05. The van der Waals surface area contributed by atoms with Gasteiger partial charge in [0.15, 0.2) is 10.3 Å². The summed E-state index contributed by atoms with van der Waals surface area (Å²) in [5.41, 5.74) is 0.233. The number of aromatic amines is 1. The molecule has 1 saturated carbocycles. The van der Waals surface area contributed by atoms with E-state index in [0.717, 1.165) is 12.8 Å². The smallest absolute Gasteiger partial charge is 0.322 e. The molecule has 0 aromatic carbocycles. The van der Waals surface area contributed by atoms with Crippen LogP contribution in [-0.2, 0) is 4.79 Å². The molecule has 22 heavy (non-hydrogen) atoms. The number of halogens is 1. The Bertz CT molecular complexity index is 755. The van der Waals surface area contributed by atoms with E-state index in [0.29, 0.717) is 10.8 Å². The number of carbonyl (C=O) groups excluding carboxylic acids is 1. The van der Waals surface area contributed by atoms with Crippen molar-refractivity contribution in [3.8, 4) is 0 Å². The minimum atomic E-state index is -0.427. The number of rotatable bonds is 5. The standard InChI is InChI=1S/C13H14ClN5O2S/c1-7(11(20)16-9-3-2-6-15-10(9)14)22-13-18-17-12(21)19(13)8-4-5-8/h2-3,6-8H,4-5H2,1H3,(H,16,20)(H,17,21)/t7-/m0/s1. The van der Waals surface area contributed by atoms with Gasteiger partial charge >= 0.3 is 5.69 Å². The Morgan fingerprint density at radius 3 is 3.05 bits per heavy atom. The largest absolute Gasteiger partial charge is 0.344 e. The monoisotopic (exact) mass is 339 g/mol. The molecule has 0 aliphatic heterocycles. The number of hydrogen-bond acceptors (Lipinski definition) is 5. The molecule has 3 rings (SSSR count).